The number of hydrogen-bond donors (Lipinski definition) is 1. The number of likely N-dealkylation sites (N-methyl/N-ethyl adjacent to an activating group) is 1. The van der Waals surface area contributed by atoms with Crippen molar-refractivity contribution in [1.29, 1.82) is 0 Å². The van der Waals surface area contributed by atoms with Gasteiger partial charge in [-0.05, 0) is 12.8 Å². The van der Waals surface area contributed by atoms with Crippen molar-refractivity contribution in [2.24, 2.45) is 0 Å². The molecule has 0 saturated carbocycles. The third-order valence-corrected chi connectivity index (χ3v) is 1.47. The maximum absolute atomic E-state index is 10.8. The molecule has 1 rings (SSSR count). The molecule has 1 amide bonds. The highest BCUT2D eigenvalue weighted by atomic mass is 16.5. The average molecular weight is 129 g/mol. The minimum atomic E-state index is -0.171. The quantitative estimate of drug-likeness (QED) is 0.537. The summed E-state index contributed by atoms with van der Waals surface area (Å²) in [5.41, 5.74) is 0. The number of amides is 1. The lowest BCUT2D eigenvalue weighted by atomic mass is 10.2. The lowest BCUT2D eigenvalue weighted by molar-refractivity contribution is -0.129. The molecule has 0 aromatic rings. The Morgan fingerprint density at radius 2 is 2.56 bits per heavy atom. The highest BCUT2D eigenvalue weighted by Gasteiger charge is 2.21. The van der Waals surface area contributed by atoms with Crippen molar-refractivity contribution in [3.63, 3.8) is 0 Å². The molecule has 1 saturated heterocycles. The van der Waals surface area contributed by atoms with E-state index in [-0.39, 0.29) is 12.0 Å². The molecular formula is C6H11NO2. The summed E-state index contributed by atoms with van der Waals surface area (Å²) >= 11 is 0. The Kier molecular flexibility index (Phi) is 2.05. The van der Waals surface area contributed by atoms with Gasteiger partial charge in [-0.2, -0.15) is 0 Å². The van der Waals surface area contributed by atoms with Gasteiger partial charge in [0.25, 0.3) is 0 Å². The number of nitrogens with one attached hydrogen (secondary N) is 1. The first kappa shape index (κ1) is 6.55. The largest absolute Gasteiger partial charge is 0.368 e. The van der Waals surface area contributed by atoms with Crippen LogP contribution in [0.1, 0.15) is 12.8 Å². The van der Waals surface area contributed by atoms with E-state index in [0.29, 0.717) is 0 Å². The van der Waals surface area contributed by atoms with Crippen LogP contribution in [0.25, 0.3) is 0 Å². The fourth-order valence-corrected chi connectivity index (χ4v) is 0.945. The SMILES string of the molecule is CNC(=O)[C@@H]1CCCO1. The number of ether oxygens (including phenoxy) is 1. The fourth-order valence-electron chi connectivity index (χ4n) is 0.945. The molecule has 0 radical (unpaired) electrons. The third kappa shape index (κ3) is 1.42. The van der Waals surface area contributed by atoms with Crippen molar-refractivity contribution in [1.82, 2.24) is 5.32 Å². The minimum Gasteiger partial charge on any atom is -0.368 e. The molecule has 52 valence electrons. The molecule has 1 N–H and O–H groups in total. The van der Waals surface area contributed by atoms with Crippen molar-refractivity contribution < 1.29 is 9.53 Å². The molecular weight excluding hydrogens is 118 g/mol. The summed E-state index contributed by atoms with van der Waals surface area (Å²) in [7, 11) is 1.63. The van der Waals surface area contributed by atoms with Gasteiger partial charge in [-0.15, -0.1) is 0 Å². The zero-order valence-corrected chi connectivity index (χ0v) is 5.52. The third-order valence-electron chi connectivity index (χ3n) is 1.47. The van der Waals surface area contributed by atoms with Crippen LogP contribution >= 0.6 is 0 Å². The molecule has 0 spiro atoms. The summed E-state index contributed by atoms with van der Waals surface area (Å²) < 4.78 is 5.09. The van der Waals surface area contributed by atoms with E-state index in [1.54, 1.807) is 7.05 Å². The monoisotopic (exact) mass is 129 g/mol. The van der Waals surface area contributed by atoms with Crippen LogP contribution in [-0.2, 0) is 9.53 Å². The second-order valence-electron chi connectivity index (χ2n) is 2.12. The highest BCUT2D eigenvalue weighted by Crippen LogP contribution is 2.10. The highest BCUT2D eigenvalue weighted by molar-refractivity contribution is 5.80. The van der Waals surface area contributed by atoms with Gasteiger partial charge in [-0.3, -0.25) is 4.79 Å². The van der Waals surface area contributed by atoms with Gasteiger partial charge in [0.1, 0.15) is 6.10 Å². The van der Waals surface area contributed by atoms with Gasteiger partial charge in [-0.25, -0.2) is 0 Å². The Bertz CT molecular complexity index is 108. The van der Waals surface area contributed by atoms with Crippen LogP contribution in [0.5, 0.6) is 0 Å². The molecule has 0 unspecified atom stereocenters. The maximum atomic E-state index is 10.8. The Hall–Kier alpha value is -0.570. The van der Waals surface area contributed by atoms with Gasteiger partial charge in [-0.1, -0.05) is 0 Å². The molecule has 0 aromatic carbocycles. The first-order valence-electron chi connectivity index (χ1n) is 3.18. The second kappa shape index (κ2) is 2.82. The van der Waals surface area contributed by atoms with Crippen LogP contribution in [0, 0.1) is 0 Å². The predicted molar refractivity (Wildman–Crippen MR) is 33.0 cm³/mol. The molecule has 0 bridgehead atoms. The van der Waals surface area contributed by atoms with Gasteiger partial charge in [0.2, 0.25) is 5.91 Å². The van der Waals surface area contributed by atoms with E-state index >= 15 is 0 Å². The van der Waals surface area contributed by atoms with E-state index in [1.807, 2.05) is 0 Å². The van der Waals surface area contributed by atoms with Crippen LogP contribution in [0.15, 0.2) is 0 Å². The summed E-state index contributed by atoms with van der Waals surface area (Å²) in [6, 6.07) is 0. The topological polar surface area (TPSA) is 38.3 Å². The van der Waals surface area contributed by atoms with Gasteiger partial charge in [0.15, 0.2) is 0 Å². The summed E-state index contributed by atoms with van der Waals surface area (Å²) in [4.78, 5) is 10.8. The Morgan fingerprint density at radius 3 is 3.00 bits per heavy atom. The number of hydrogen-bond acceptors (Lipinski definition) is 2. The lowest BCUT2D eigenvalue weighted by Gasteiger charge is -2.05. The first-order chi connectivity index (χ1) is 4.34. The van der Waals surface area contributed by atoms with E-state index < -0.39 is 0 Å². The van der Waals surface area contributed by atoms with E-state index in [1.165, 1.54) is 0 Å². The zero-order chi connectivity index (χ0) is 6.69. The van der Waals surface area contributed by atoms with Crippen molar-refractivity contribution in [2.45, 2.75) is 18.9 Å². The second-order valence-corrected chi connectivity index (χ2v) is 2.12. The van der Waals surface area contributed by atoms with Gasteiger partial charge in [0.05, 0.1) is 0 Å². The smallest absolute Gasteiger partial charge is 0.248 e. The normalized spacial score (nSPS) is 26.1. The fraction of sp³-hybridized carbons (Fsp3) is 0.833. The average Bonchev–Trinajstić information content (AvgIpc) is 2.37. The van der Waals surface area contributed by atoms with Gasteiger partial charge < -0.3 is 10.1 Å². The molecule has 1 heterocycles. The number of carbonyl (C=O) groups is 1. The van der Waals surface area contributed by atoms with Gasteiger partial charge in [0, 0.05) is 13.7 Å². The van der Waals surface area contributed by atoms with Gasteiger partial charge >= 0.3 is 0 Å². The Morgan fingerprint density at radius 1 is 1.78 bits per heavy atom. The molecule has 1 aliphatic rings. The molecule has 1 atom stereocenters. The number of rotatable bonds is 1. The lowest BCUT2D eigenvalue weighted by Crippen LogP contribution is -2.30. The molecule has 1 aliphatic heterocycles. The molecule has 3 nitrogen and oxygen atoms in total. The summed E-state index contributed by atoms with van der Waals surface area (Å²) in [6.07, 6.45) is 1.72. The van der Waals surface area contributed by atoms with E-state index in [4.69, 9.17) is 4.74 Å². The van der Waals surface area contributed by atoms with Crippen molar-refractivity contribution in [3.8, 4) is 0 Å². The molecule has 1 fully saturated rings. The maximum Gasteiger partial charge on any atom is 0.248 e. The Balaban J connectivity index is 2.32. The summed E-state index contributed by atoms with van der Waals surface area (Å²) in [5, 5.41) is 2.54. The van der Waals surface area contributed by atoms with Crippen molar-refractivity contribution >= 4 is 5.91 Å². The number of carbonyl (C=O) groups excluding carboxylic acids is 1. The molecule has 0 aromatic heterocycles. The van der Waals surface area contributed by atoms with Crippen LogP contribution in [-0.4, -0.2) is 25.7 Å². The van der Waals surface area contributed by atoms with Crippen LogP contribution in [0.4, 0.5) is 0 Å². The van der Waals surface area contributed by atoms with Crippen molar-refractivity contribution in [2.75, 3.05) is 13.7 Å². The first-order valence-corrected chi connectivity index (χ1v) is 3.18. The minimum absolute atomic E-state index is 0.00694. The molecule has 0 aliphatic carbocycles. The van der Waals surface area contributed by atoms with E-state index in [0.717, 1.165) is 19.4 Å². The van der Waals surface area contributed by atoms with E-state index in [9.17, 15) is 4.79 Å². The van der Waals surface area contributed by atoms with Crippen LogP contribution < -0.4 is 5.32 Å². The molecule has 3 heteroatoms. The summed E-state index contributed by atoms with van der Waals surface area (Å²) in [6.45, 7) is 0.734. The standard InChI is InChI=1S/C6H11NO2/c1-7-6(8)5-3-2-4-9-5/h5H,2-4H2,1H3,(H,7,8)/t5-/m0/s1. The predicted octanol–water partition coefficient (Wildman–Crippen LogP) is -0.0886. The zero-order valence-electron chi connectivity index (χ0n) is 5.52. The van der Waals surface area contributed by atoms with Crippen LogP contribution in [0.3, 0.4) is 0 Å². The molecule has 9 heavy (non-hydrogen) atoms. The Labute approximate surface area is 54.4 Å². The summed E-state index contributed by atoms with van der Waals surface area (Å²) in [5.74, 6) is 0.00694. The van der Waals surface area contributed by atoms with Crippen molar-refractivity contribution in [3.05, 3.63) is 0 Å². The van der Waals surface area contributed by atoms with E-state index in [2.05, 4.69) is 5.32 Å². The van der Waals surface area contributed by atoms with Crippen LogP contribution in [0.2, 0.25) is 0 Å².